The Bertz CT molecular complexity index is 1570. The van der Waals surface area contributed by atoms with Gasteiger partial charge < -0.3 is 30.2 Å². The Balaban J connectivity index is 1.33. The van der Waals surface area contributed by atoms with Crippen LogP contribution in [-0.2, 0) is 17.8 Å². The largest absolute Gasteiger partial charge is 0.573 e. The smallest absolute Gasteiger partial charge is 0.493 e. The Hall–Kier alpha value is -4.74. The minimum atomic E-state index is -4.77. The number of aromatic nitrogens is 2. The highest BCUT2D eigenvalue weighted by Crippen LogP contribution is 2.38. The normalized spacial score (nSPS) is 14.8. The monoisotopic (exact) mass is 595 g/mol. The van der Waals surface area contributed by atoms with Gasteiger partial charge in [-0.15, -0.1) is 13.2 Å². The Morgan fingerprint density at radius 2 is 1.60 bits per heavy atom. The second-order valence-corrected chi connectivity index (χ2v) is 10.4. The van der Waals surface area contributed by atoms with E-state index < -0.39 is 11.8 Å². The molecule has 1 aromatic heterocycles. The first-order valence-corrected chi connectivity index (χ1v) is 13.7. The Labute approximate surface area is 246 Å². The molecule has 0 unspecified atom stereocenters. The van der Waals surface area contributed by atoms with Gasteiger partial charge in [-0.2, -0.15) is 4.98 Å². The maximum atomic E-state index is 13.8. The minimum Gasteiger partial charge on any atom is -0.493 e. The molecular weight excluding hydrogens is 563 g/mol. The SMILES string of the molecule is COc1cc2nc(N3CCC(Cc4ccccc4)(C(=O)NCc4ccc(OC(F)(F)F)cc4)CC3)nc(N)c2cc1OC. The number of methoxy groups -OCH3 is 2. The molecule has 12 heteroatoms. The summed E-state index contributed by atoms with van der Waals surface area (Å²) in [4.78, 5) is 25.1. The first kappa shape index (κ1) is 29.7. The summed E-state index contributed by atoms with van der Waals surface area (Å²) in [6, 6.07) is 18.8. The number of ether oxygens (including phenoxy) is 3. The number of piperidine rings is 1. The van der Waals surface area contributed by atoms with E-state index in [9.17, 15) is 18.0 Å². The number of rotatable bonds is 9. The zero-order chi connectivity index (χ0) is 30.6. The molecule has 0 saturated carbocycles. The molecule has 1 saturated heterocycles. The molecular formula is C31H32F3N5O4. The van der Waals surface area contributed by atoms with E-state index in [2.05, 4.69) is 15.0 Å². The van der Waals surface area contributed by atoms with Crippen LogP contribution in [0.4, 0.5) is 24.9 Å². The molecule has 0 atom stereocenters. The Morgan fingerprint density at radius 1 is 0.953 bits per heavy atom. The van der Waals surface area contributed by atoms with Gasteiger partial charge in [0.05, 0.1) is 25.2 Å². The van der Waals surface area contributed by atoms with E-state index in [1.165, 1.54) is 24.3 Å². The van der Waals surface area contributed by atoms with Crippen LogP contribution in [0.3, 0.4) is 0 Å². The van der Waals surface area contributed by atoms with Crippen molar-refractivity contribution in [1.29, 1.82) is 0 Å². The number of nitrogens with zero attached hydrogens (tertiary/aromatic N) is 3. The zero-order valence-corrected chi connectivity index (χ0v) is 23.8. The van der Waals surface area contributed by atoms with Crippen molar-refractivity contribution in [3.8, 4) is 17.2 Å². The number of nitrogen functional groups attached to an aromatic ring is 1. The van der Waals surface area contributed by atoms with Crippen molar-refractivity contribution >= 4 is 28.6 Å². The maximum absolute atomic E-state index is 13.8. The summed E-state index contributed by atoms with van der Waals surface area (Å²) in [5.41, 5.74) is 7.91. The predicted molar refractivity (Wildman–Crippen MR) is 156 cm³/mol. The molecule has 0 bridgehead atoms. The van der Waals surface area contributed by atoms with Crippen LogP contribution >= 0.6 is 0 Å². The number of benzene rings is 3. The van der Waals surface area contributed by atoms with Crippen LogP contribution in [0.5, 0.6) is 17.2 Å². The summed E-state index contributed by atoms with van der Waals surface area (Å²) < 4.78 is 52.2. The van der Waals surface area contributed by atoms with Gasteiger partial charge in [-0.25, -0.2) is 4.98 Å². The van der Waals surface area contributed by atoms with Gasteiger partial charge in [-0.1, -0.05) is 42.5 Å². The molecule has 4 aromatic rings. The van der Waals surface area contributed by atoms with Crippen molar-refractivity contribution in [2.24, 2.45) is 5.41 Å². The average molecular weight is 596 g/mol. The number of carbonyl (C=O) groups is 1. The quantitative estimate of drug-likeness (QED) is 0.269. The molecule has 0 aliphatic carbocycles. The molecule has 1 aliphatic rings. The first-order valence-electron chi connectivity index (χ1n) is 13.7. The number of amides is 1. The van der Waals surface area contributed by atoms with Gasteiger partial charge in [0, 0.05) is 31.1 Å². The van der Waals surface area contributed by atoms with Crippen molar-refractivity contribution in [2.45, 2.75) is 32.2 Å². The summed E-state index contributed by atoms with van der Waals surface area (Å²) in [7, 11) is 3.10. The molecule has 9 nitrogen and oxygen atoms in total. The zero-order valence-electron chi connectivity index (χ0n) is 23.8. The van der Waals surface area contributed by atoms with E-state index in [-0.39, 0.29) is 18.2 Å². The summed E-state index contributed by atoms with van der Waals surface area (Å²) in [6.07, 6.45) is -3.18. The second-order valence-electron chi connectivity index (χ2n) is 10.4. The number of nitrogens with two attached hydrogens (primary N) is 1. The molecule has 1 amide bonds. The number of carbonyl (C=O) groups excluding carboxylic acids is 1. The van der Waals surface area contributed by atoms with Gasteiger partial charge in [-0.05, 0) is 48.6 Å². The lowest BCUT2D eigenvalue weighted by molar-refractivity contribution is -0.274. The van der Waals surface area contributed by atoms with Gasteiger partial charge in [0.2, 0.25) is 11.9 Å². The third-order valence-corrected chi connectivity index (χ3v) is 7.70. The number of fused-ring (bicyclic) bond motifs is 1. The summed E-state index contributed by atoms with van der Waals surface area (Å²) in [6.45, 7) is 1.20. The van der Waals surface area contributed by atoms with Crippen LogP contribution in [0.2, 0.25) is 0 Å². The molecule has 3 N–H and O–H groups in total. The van der Waals surface area contributed by atoms with E-state index in [1.807, 2.05) is 35.2 Å². The lowest BCUT2D eigenvalue weighted by Crippen LogP contribution is -2.50. The van der Waals surface area contributed by atoms with Gasteiger partial charge >= 0.3 is 6.36 Å². The highest BCUT2D eigenvalue weighted by atomic mass is 19.4. The molecule has 5 rings (SSSR count). The molecule has 3 aromatic carbocycles. The lowest BCUT2D eigenvalue weighted by Gasteiger charge is -2.41. The van der Waals surface area contributed by atoms with Crippen molar-refractivity contribution in [1.82, 2.24) is 15.3 Å². The van der Waals surface area contributed by atoms with Gasteiger partial charge in [0.1, 0.15) is 11.6 Å². The Kier molecular flexibility index (Phi) is 8.47. The predicted octanol–water partition coefficient (Wildman–Crippen LogP) is 5.27. The topological polar surface area (TPSA) is 112 Å². The van der Waals surface area contributed by atoms with Gasteiger partial charge in [-0.3, -0.25) is 4.79 Å². The summed E-state index contributed by atoms with van der Waals surface area (Å²) in [5, 5.41) is 3.66. The number of nitrogens with one attached hydrogen (secondary N) is 1. The molecule has 226 valence electrons. The van der Waals surface area contributed by atoms with Crippen LogP contribution in [-0.4, -0.2) is 49.5 Å². The van der Waals surface area contributed by atoms with Crippen LogP contribution in [0, 0.1) is 5.41 Å². The van der Waals surface area contributed by atoms with E-state index in [4.69, 9.17) is 20.2 Å². The standard InChI is InChI=1S/C31H32F3N5O4/c1-41-25-16-23-24(17-26(25)42-2)37-29(38-27(23)35)39-14-12-30(13-15-39,18-20-6-4-3-5-7-20)28(40)36-19-21-8-10-22(11-9-21)43-31(32,33)34/h3-11,16-17H,12-15,18-19H2,1-2H3,(H,36,40)(H2,35,37,38). The van der Waals surface area contributed by atoms with Crippen LogP contribution in [0.15, 0.2) is 66.7 Å². The van der Waals surface area contributed by atoms with Gasteiger partial charge in [0.25, 0.3) is 0 Å². The highest BCUT2D eigenvalue weighted by Gasteiger charge is 2.42. The van der Waals surface area contributed by atoms with Crippen molar-refractivity contribution in [3.05, 3.63) is 77.9 Å². The number of anilines is 2. The minimum absolute atomic E-state index is 0.123. The molecule has 1 fully saturated rings. The van der Waals surface area contributed by atoms with Crippen LogP contribution < -0.4 is 30.2 Å². The van der Waals surface area contributed by atoms with Crippen LogP contribution in [0.1, 0.15) is 24.0 Å². The fourth-order valence-electron chi connectivity index (χ4n) is 5.39. The van der Waals surface area contributed by atoms with E-state index in [0.717, 1.165) is 5.56 Å². The fourth-order valence-corrected chi connectivity index (χ4v) is 5.39. The number of hydrogen-bond acceptors (Lipinski definition) is 8. The third kappa shape index (κ3) is 6.85. The van der Waals surface area contributed by atoms with Crippen LogP contribution in [0.25, 0.3) is 10.9 Å². The Morgan fingerprint density at radius 3 is 2.23 bits per heavy atom. The van der Waals surface area contributed by atoms with E-state index in [0.29, 0.717) is 72.1 Å². The maximum Gasteiger partial charge on any atom is 0.573 e. The molecule has 0 spiro atoms. The molecule has 43 heavy (non-hydrogen) atoms. The molecule has 1 aliphatic heterocycles. The number of hydrogen-bond donors (Lipinski definition) is 2. The number of alkyl halides is 3. The molecule has 2 heterocycles. The highest BCUT2D eigenvalue weighted by molar-refractivity contribution is 5.92. The number of halogens is 3. The third-order valence-electron chi connectivity index (χ3n) is 7.70. The fraction of sp³-hybridized carbons (Fsp3) is 0.323. The lowest BCUT2D eigenvalue weighted by atomic mass is 9.73. The second kappa shape index (κ2) is 12.2. The van der Waals surface area contributed by atoms with Crippen molar-refractivity contribution in [2.75, 3.05) is 37.9 Å². The van der Waals surface area contributed by atoms with E-state index >= 15 is 0 Å². The first-order chi connectivity index (χ1) is 20.6. The summed E-state index contributed by atoms with van der Waals surface area (Å²) in [5.74, 6) is 1.39. The van der Waals surface area contributed by atoms with Crippen molar-refractivity contribution in [3.63, 3.8) is 0 Å². The van der Waals surface area contributed by atoms with E-state index in [1.54, 1.807) is 26.4 Å². The average Bonchev–Trinajstić information content (AvgIpc) is 3.00. The van der Waals surface area contributed by atoms with Gasteiger partial charge in [0.15, 0.2) is 11.5 Å². The van der Waals surface area contributed by atoms with Crippen molar-refractivity contribution < 1.29 is 32.2 Å². The summed E-state index contributed by atoms with van der Waals surface area (Å²) >= 11 is 0. The molecule has 0 radical (unpaired) electrons.